The van der Waals surface area contributed by atoms with E-state index in [9.17, 15) is 26.4 Å². The molecule has 0 aliphatic heterocycles. The van der Waals surface area contributed by atoms with Gasteiger partial charge < -0.3 is 0 Å². The van der Waals surface area contributed by atoms with Gasteiger partial charge in [-0.2, -0.15) is 13.2 Å². The number of rotatable bonds is 1. The van der Waals surface area contributed by atoms with Gasteiger partial charge in [0.05, 0.1) is 4.90 Å². The highest BCUT2D eigenvalue weighted by Gasteiger charge is 2.38. The minimum Gasteiger partial charge on any atom is -0.287 e. The fraction of sp³-hybridized carbons (Fsp3) is 0.0833. The first-order valence-corrected chi connectivity index (χ1v) is 7.30. The van der Waals surface area contributed by atoms with Gasteiger partial charge in [0.15, 0.2) is 0 Å². The number of carbonyl (C=O) groups excluding carboxylic acids is 1. The smallest absolute Gasteiger partial charge is 0.287 e. The molecule has 2 aromatic rings. The summed E-state index contributed by atoms with van der Waals surface area (Å²) < 4.78 is 60.4. The van der Waals surface area contributed by atoms with Crippen molar-refractivity contribution in [3.05, 3.63) is 41.5 Å². The molecule has 0 radical (unpaired) electrons. The van der Waals surface area contributed by atoms with Gasteiger partial charge >= 0.3 is 6.18 Å². The van der Waals surface area contributed by atoms with Crippen molar-refractivity contribution in [2.75, 3.05) is 0 Å². The molecule has 0 atom stereocenters. The first kappa shape index (κ1) is 14.6. The summed E-state index contributed by atoms with van der Waals surface area (Å²) in [6.07, 6.45) is -3.89. The number of ketones is 1. The summed E-state index contributed by atoms with van der Waals surface area (Å²) in [6, 6.07) is 3.46. The van der Waals surface area contributed by atoms with E-state index < -0.39 is 33.5 Å². The van der Waals surface area contributed by atoms with Crippen LogP contribution >= 0.6 is 0 Å². The average Bonchev–Trinajstić information content (AvgIpc) is 2.70. The van der Waals surface area contributed by atoms with E-state index in [0.717, 1.165) is 18.3 Å². The van der Waals surface area contributed by atoms with Crippen molar-refractivity contribution < 1.29 is 26.4 Å². The van der Waals surface area contributed by atoms with Crippen molar-refractivity contribution in [1.29, 1.82) is 0 Å². The number of carbonyl (C=O) groups is 1. The zero-order valence-corrected chi connectivity index (χ0v) is 11.4. The van der Waals surface area contributed by atoms with Crippen molar-refractivity contribution in [3.8, 4) is 11.1 Å². The SMILES string of the molecule is NS(=O)(=O)c1ccc2c(c1)C(=O)c1nc(C(F)(F)F)ncc1-2. The van der Waals surface area contributed by atoms with Crippen molar-refractivity contribution in [2.24, 2.45) is 5.14 Å². The molecule has 0 saturated carbocycles. The lowest BCUT2D eigenvalue weighted by atomic mass is 10.1. The Bertz CT molecular complexity index is 923. The minimum absolute atomic E-state index is 0.0739. The lowest BCUT2D eigenvalue weighted by Crippen LogP contribution is -2.14. The second-order valence-corrected chi connectivity index (χ2v) is 6.10. The molecule has 2 N–H and O–H groups in total. The first-order chi connectivity index (χ1) is 10.1. The predicted molar refractivity (Wildman–Crippen MR) is 67.3 cm³/mol. The Morgan fingerprint density at radius 2 is 1.77 bits per heavy atom. The minimum atomic E-state index is -4.78. The number of sulfonamides is 1. The number of hydrogen-bond acceptors (Lipinski definition) is 5. The van der Waals surface area contributed by atoms with Crippen LogP contribution in [0, 0.1) is 0 Å². The van der Waals surface area contributed by atoms with E-state index in [1.54, 1.807) is 0 Å². The highest BCUT2D eigenvalue weighted by Crippen LogP contribution is 2.37. The van der Waals surface area contributed by atoms with Gasteiger partial charge in [-0.1, -0.05) is 6.07 Å². The van der Waals surface area contributed by atoms with Gasteiger partial charge in [-0.15, -0.1) is 0 Å². The van der Waals surface area contributed by atoms with Gasteiger partial charge in [-0.3, -0.25) is 4.79 Å². The summed E-state index contributed by atoms with van der Waals surface area (Å²) in [6.45, 7) is 0. The predicted octanol–water partition coefficient (Wildman–Crippen LogP) is 1.35. The maximum absolute atomic E-state index is 12.6. The molecule has 1 aromatic heterocycles. The molecule has 1 aromatic carbocycles. The van der Waals surface area contributed by atoms with Crippen LogP contribution in [0.15, 0.2) is 29.3 Å². The zero-order chi connectivity index (χ0) is 16.3. The first-order valence-electron chi connectivity index (χ1n) is 5.75. The number of halogens is 3. The molecule has 22 heavy (non-hydrogen) atoms. The second-order valence-electron chi connectivity index (χ2n) is 4.54. The molecule has 1 heterocycles. The maximum Gasteiger partial charge on any atom is 0.451 e. The topological polar surface area (TPSA) is 103 Å². The number of aromatic nitrogens is 2. The molecule has 0 spiro atoms. The Morgan fingerprint density at radius 3 is 2.36 bits per heavy atom. The largest absolute Gasteiger partial charge is 0.451 e. The number of hydrogen-bond donors (Lipinski definition) is 1. The van der Waals surface area contributed by atoms with E-state index in [-0.39, 0.29) is 21.6 Å². The van der Waals surface area contributed by atoms with Gasteiger partial charge in [0.2, 0.25) is 21.6 Å². The van der Waals surface area contributed by atoms with E-state index in [2.05, 4.69) is 9.97 Å². The van der Waals surface area contributed by atoms with Crippen LogP contribution in [0.25, 0.3) is 11.1 Å². The van der Waals surface area contributed by atoms with Crippen LogP contribution < -0.4 is 5.14 Å². The number of benzene rings is 1. The van der Waals surface area contributed by atoms with E-state index >= 15 is 0 Å². The molecule has 10 heteroatoms. The monoisotopic (exact) mass is 329 g/mol. The molecule has 0 saturated heterocycles. The van der Waals surface area contributed by atoms with Crippen molar-refractivity contribution >= 4 is 15.8 Å². The van der Waals surface area contributed by atoms with Crippen LogP contribution in [0.4, 0.5) is 13.2 Å². The van der Waals surface area contributed by atoms with Crippen molar-refractivity contribution in [3.63, 3.8) is 0 Å². The Labute approximate surface area is 121 Å². The van der Waals surface area contributed by atoms with E-state index in [1.807, 2.05) is 0 Å². The summed E-state index contributed by atoms with van der Waals surface area (Å²) in [5.41, 5.74) is -0.103. The lowest BCUT2D eigenvalue weighted by Gasteiger charge is -2.05. The number of primary sulfonamides is 1. The van der Waals surface area contributed by atoms with Crippen molar-refractivity contribution in [1.82, 2.24) is 9.97 Å². The van der Waals surface area contributed by atoms with E-state index in [0.29, 0.717) is 0 Å². The summed E-state index contributed by atoms with van der Waals surface area (Å²) in [4.78, 5) is 18.3. The summed E-state index contributed by atoms with van der Waals surface area (Å²) in [5, 5.41) is 4.97. The van der Waals surface area contributed by atoms with Crippen LogP contribution in [-0.4, -0.2) is 24.2 Å². The van der Waals surface area contributed by atoms with Crippen LogP contribution in [-0.2, 0) is 16.2 Å². The third-order valence-electron chi connectivity index (χ3n) is 3.11. The molecule has 1 aliphatic carbocycles. The maximum atomic E-state index is 12.6. The Hall–Kier alpha value is -2.33. The van der Waals surface area contributed by atoms with Crippen molar-refractivity contribution in [2.45, 2.75) is 11.1 Å². The summed E-state index contributed by atoms with van der Waals surface area (Å²) in [7, 11) is -4.03. The second kappa shape index (κ2) is 4.34. The van der Waals surface area contributed by atoms with Crippen LogP contribution in [0.5, 0.6) is 0 Å². The molecule has 0 fully saturated rings. The molecule has 6 nitrogen and oxygen atoms in total. The number of nitrogens with zero attached hydrogens (tertiary/aromatic N) is 2. The fourth-order valence-electron chi connectivity index (χ4n) is 2.14. The van der Waals surface area contributed by atoms with Gasteiger partial charge in [0.1, 0.15) is 5.69 Å². The summed E-state index contributed by atoms with van der Waals surface area (Å²) >= 11 is 0. The molecule has 114 valence electrons. The van der Waals surface area contributed by atoms with Crippen LogP contribution in [0.2, 0.25) is 0 Å². The number of nitrogens with two attached hydrogens (primary N) is 1. The molecule has 0 unspecified atom stereocenters. The van der Waals surface area contributed by atoms with Crippen LogP contribution in [0.3, 0.4) is 0 Å². The van der Waals surface area contributed by atoms with Gasteiger partial charge in [0.25, 0.3) is 0 Å². The van der Waals surface area contributed by atoms with Gasteiger partial charge in [-0.05, 0) is 17.7 Å². The molecular formula is C12H6F3N3O3S. The lowest BCUT2D eigenvalue weighted by molar-refractivity contribution is -0.145. The van der Waals surface area contributed by atoms with Gasteiger partial charge in [-0.25, -0.2) is 23.5 Å². The van der Waals surface area contributed by atoms with E-state index in [1.165, 1.54) is 6.07 Å². The molecular weight excluding hydrogens is 323 g/mol. The Morgan fingerprint density at radius 1 is 1.09 bits per heavy atom. The number of fused-ring (bicyclic) bond motifs is 3. The van der Waals surface area contributed by atoms with E-state index in [4.69, 9.17) is 5.14 Å². The third-order valence-corrected chi connectivity index (χ3v) is 4.02. The van der Waals surface area contributed by atoms with Gasteiger partial charge in [0, 0.05) is 17.3 Å². The zero-order valence-electron chi connectivity index (χ0n) is 10.5. The molecule has 1 aliphatic rings. The van der Waals surface area contributed by atoms with Crippen LogP contribution in [0.1, 0.15) is 21.9 Å². The summed E-state index contributed by atoms with van der Waals surface area (Å²) in [5.74, 6) is -2.23. The molecule has 3 rings (SSSR count). The number of alkyl halides is 3. The molecule has 0 bridgehead atoms. The highest BCUT2D eigenvalue weighted by molar-refractivity contribution is 7.89. The average molecular weight is 329 g/mol. The Balaban J connectivity index is 2.20. The third kappa shape index (κ3) is 2.16. The normalized spacial score (nSPS) is 13.9. The quantitative estimate of drug-likeness (QED) is 0.726. The standard InChI is InChI=1S/C12H6F3N3O3S/c13-12(14,15)11-17-4-8-6-2-1-5(22(16,20)21)3-7(6)10(19)9(8)18-11/h1-4H,(H2,16,20,21). The highest BCUT2D eigenvalue weighted by atomic mass is 32.2. The molecule has 0 amide bonds. The Kier molecular flexibility index (Phi) is 2.88. The fourth-order valence-corrected chi connectivity index (χ4v) is 2.68.